The second-order valence-electron chi connectivity index (χ2n) is 5.44. The first-order valence-electron chi connectivity index (χ1n) is 6.23. The Morgan fingerprint density at radius 2 is 2.06 bits per heavy atom. The molecule has 2 rings (SSSR count). The van der Waals surface area contributed by atoms with E-state index in [4.69, 9.17) is 4.74 Å². The lowest BCUT2D eigenvalue weighted by atomic mass is 10.0. The van der Waals surface area contributed by atoms with Gasteiger partial charge in [0, 0.05) is 31.0 Å². The summed E-state index contributed by atoms with van der Waals surface area (Å²) < 4.78 is 5.43. The van der Waals surface area contributed by atoms with E-state index in [1.165, 1.54) is 6.08 Å². The third-order valence-electron chi connectivity index (χ3n) is 3.79. The molecule has 0 spiro atoms. The Morgan fingerprint density at radius 3 is 2.65 bits per heavy atom. The number of aliphatic hydroxyl groups excluding tert-OH is 1. The number of hydrogen-bond acceptors (Lipinski definition) is 4. The number of likely N-dealkylation sites (N-methyl/N-ethyl adjacent to an activating group) is 1. The highest BCUT2D eigenvalue weighted by atomic mass is 16.5. The number of allylic oxidation sites excluding steroid dienone is 1. The number of esters is 1. The molecule has 2 aliphatic heterocycles. The van der Waals surface area contributed by atoms with E-state index < -0.39 is 0 Å². The van der Waals surface area contributed by atoms with Crippen LogP contribution in [-0.2, 0) is 9.53 Å². The monoisotopic (exact) mass is 239 g/mol. The van der Waals surface area contributed by atoms with Crippen LogP contribution in [0.4, 0.5) is 0 Å². The molecule has 4 atom stereocenters. The van der Waals surface area contributed by atoms with Gasteiger partial charge in [-0.05, 0) is 27.3 Å². The molecule has 0 aromatic rings. The van der Waals surface area contributed by atoms with Crippen molar-refractivity contribution in [3.63, 3.8) is 0 Å². The number of aliphatic hydroxyl groups is 1. The lowest BCUT2D eigenvalue weighted by molar-refractivity contribution is -0.146. The Bertz CT molecular complexity index is 336. The maximum atomic E-state index is 11.5. The van der Waals surface area contributed by atoms with Gasteiger partial charge in [-0.1, -0.05) is 5.57 Å². The Kier molecular flexibility index (Phi) is 3.54. The second kappa shape index (κ2) is 4.78. The van der Waals surface area contributed by atoms with Gasteiger partial charge in [-0.25, -0.2) is 4.79 Å². The SMILES string of the molecule is CC(C)=CC(=O)O[C@@H]1C[C@@H]2C[C@@H](O)[C@H](C1)N2C. The van der Waals surface area contributed by atoms with Crippen molar-refractivity contribution >= 4 is 5.97 Å². The van der Waals surface area contributed by atoms with Gasteiger partial charge >= 0.3 is 5.97 Å². The summed E-state index contributed by atoms with van der Waals surface area (Å²) in [6, 6.07) is 0.506. The number of ether oxygens (including phenoxy) is 1. The predicted molar refractivity (Wildman–Crippen MR) is 64.5 cm³/mol. The minimum absolute atomic E-state index is 0.0403. The summed E-state index contributed by atoms with van der Waals surface area (Å²) in [6.45, 7) is 3.76. The fourth-order valence-electron chi connectivity index (χ4n) is 2.93. The van der Waals surface area contributed by atoms with Crippen LogP contribution >= 0.6 is 0 Å². The van der Waals surface area contributed by atoms with Gasteiger partial charge in [0.25, 0.3) is 0 Å². The highest BCUT2D eigenvalue weighted by molar-refractivity contribution is 5.82. The summed E-state index contributed by atoms with van der Waals surface area (Å²) in [7, 11) is 2.04. The molecule has 0 radical (unpaired) electrons. The first kappa shape index (κ1) is 12.6. The molecule has 17 heavy (non-hydrogen) atoms. The molecule has 0 aliphatic carbocycles. The number of piperidine rings is 1. The molecule has 0 unspecified atom stereocenters. The van der Waals surface area contributed by atoms with Crippen LogP contribution in [0.5, 0.6) is 0 Å². The number of rotatable bonds is 2. The largest absolute Gasteiger partial charge is 0.459 e. The fraction of sp³-hybridized carbons (Fsp3) is 0.769. The standard InChI is InChI=1S/C13H21NO3/c1-8(2)4-13(16)17-10-5-9-6-12(15)11(7-10)14(9)3/h4,9-12,15H,5-7H2,1-3H3/t9-,10-,11+,12-/m1/s1. The summed E-state index contributed by atoms with van der Waals surface area (Å²) in [5.41, 5.74) is 0.950. The van der Waals surface area contributed by atoms with Gasteiger partial charge in [0.2, 0.25) is 0 Å². The molecule has 2 aliphatic rings. The topological polar surface area (TPSA) is 49.8 Å². The van der Waals surface area contributed by atoms with E-state index in [1.54, 1.807) is 0 Å². The molecule has 96 valence electrons. The Hall–Kier alpha value is -0.870. The molecule has 0 aromatic carbocycles. The lowest BCUT2D eigenvalue weighted by Crippen LogP contribution is -2.45. The Balaban J connectivity index is 1.94. The van der Waals surface area contributed by atoms with Crippen LogP contribution in [0.15, 0.2) is 11.6 Å². The first-order valence-corrected chi connectivity index (χ1v) is 6.23. The maximum Gasteiger partial charge on any atom is 0.330 e. The van der Waals surface area contributed by atoms with Crippen LogP contribution in [0.3, 0.4) is 0 Å². The number of carbonyl (C=O) groups is 1. The number of fused-ring (bicyclic) bond motifs is 2. The molecule has 4 heteroatoms. The third kappa shape index (κ3) is 2.69. The molecule has 4 nitrogen and oxygen atoms in total. The molecule has 0 saturated carbocycles. The Morgan fingerprint density at radius 1 is 1.35 bits per heavy atom. The molecule has 2 bridgehead atoms. The first-order chi connectivity index (χ1) is 7.97. The van der Waals surface area contributed by atoms with Crippen LogP contribution in [-0.4, -0.2) is 47.3 Å². The van der Waals surface area contributed by atoms with Crippen LogP contribution in [0.2, 0.25) is 0 Å². The van der Waals surface area contributed by atoms with E-state index in [0.29, 0.717) is 6.04 Å². The van der Waals surface area contributed by atoms with E-state index in [-0.39, 0.29) is 24.2 Å². The van der Waals surface area contributed by atoms with Crippen molar-refractivity contribution in [1.29, 1.82) is 0 Å². The molecule has 0 aromatic heterocycles. The van der Waals surface area contributed by atoms with Crippen LogP contribution in [0.25, 0.3) is 0 Å². The highest BCUT2D eigenvalue weighted by Gasteiger charge is 2.45. The van der Waals surface area contributed by atoms with Gasteiger partial charge in [0.05, 0.1) is 6.10 Å². The van der Waals surface area contributed by atoms with E-state index in [1.807, 2.05) is 20.9 Å². The number of carbonyl (C=O) groups excluding carboxylic acids is 1. The zero-order valence-electron chi connectivity index (χ0n) is 10.7. The van der Waals surface area contributed by atoms with Gasteiger partial charge in [-0.2, -0.15) is 0 Å². The molecular formula is C13H21NO3. The molecule has 2 heterocycles. The highest BCUT2D eigenvalue weighted by Crippen LogP contribution is 2.35. The predicted octanol–water partition coefficient (Wildman–Crippen LogP) is 1.09. The van der Waals surface area contributed by atoms with Gasteiger partial charge in [0.1, 0.15) is 6.10 Å². The summed E-state index contributed by atoms with van der Waals surface area (Å²) in [5, 5.41) is 9.87. The van der Waals surface area contributed by atoms with Crippen molar-refractivity contribution in [2.45, 2.75) is 57.4 Å². The van der Waals surface area contributed by atoms with Crippen molar-refractivity contribution in [2.24, 2.45) is 0 Å². The smallest absolute Gasteiger partial charge is 0.330 e. The van der Waals surface area contributed by atoms with E-state index >= 15 is 0 Å². The summed E-state index contributed by atoms with van der Waals surface area (Å²) >= 11 is 0. The van der Waals surface area contributed by atoms with Crippen LogP contribution in [0.1, 0.15) is 33.1 Å². The Labute approximate surface area is 102 Å². The maximum absolute atomic E-state index is 11.5. The lowest BCUT2D eigenvalue weighted by Gasteiger charge is -2.35. The van der Waals surface area contributed by atoms with Crippen molar-refractivity contribution in [2.75, 3.05) is 7.05 Å². The average Bonchev–Trinajstić information content (AvgIpc) is 2.39. The molecule has 0 amide bonds. The average molecular weight is 239 g/mol. The summed E-state index contributed by atoms with van der Waals surface area (Å²) in [4.78, 5) is 13.8. The fourth-order valence-corrected chi connectivity index (χ4v) is 2.93. The summed E-state index contributed by atoms with van der Waals surface area (Å²) in [6.07, 6.45) is 3.61. The van der Waals surface area contributed by atoms with Gasteiger partial charge < -0.3 is 9.84 Å². The molecular weight excluding hydrogens is 218 g/mol. The van der Waals surface area contributed by atoms with Crippen molar-refractivity contribution in [3.8, 4) is 0 Å². The van der Waals surface area contributed by atoms with Gasteiger partial charge in [0.15, 0.2) is 0 Å². The summed E-state index contributed by atoms with van der Waals surface area (Å²) in [5.74, 6) is -0.256. The van der Waals surface area contributed by atoms with Crippen molar-refractivity contribution in [3.05, 3.63) is 11.6 Å². The van der Waals surface area contributed by atoms with Crippen molar-refractivity contribution in [1.82, 2.24) is 4.90 Å². The van der Waals surface area contributed by atoms with Gasteiger partial charge in [-0.15, -0.1) is 0 Å². The molecule has 2 fully saturated rings. The van der Waals surface area contributed by atoms with E-state index in [9.17, 15) is 9.90 Å². The van der Waals surface area contributed by atoms with E-state index in [2.05, 4.69) is 4.90 Å². The minimum Gasteiger partial charge on any atom is -0.459 e. The third-order valence-corrected chi connectivity index (χ3v) is 3.79. The van der Waals surface area contributed by atoms with Crippen LogP contribution in [0, 0.1) is 0 Å². The van der Waals surface area contributed by atoms with Gasteiger partial charge in [-0.3, -0.25) is 4.90 Å². The molecule has 2 saturated heterocycles. The van der Waals surface area contributed by atoms with E-state index in [0.717, 1.165) is 24.8 Å². The van der Waals surface area contributed by atoms with Crippen LogP contribution < -0.4 is 0 Å². The second-order valence-corrected chi connectivity index (χ2v) is 5.44. The normalized spacial score (nSPS) is 36.7. The zero-order valence-corrected chi connectivity index (χ0v) is 10.7. The molecule has 1 N–H and O–H groups in total. The minimum atomic E-state index is -0.267. The number of nitrogens with zero attached hydrogens (tertiary/aromatic N) is 1. The quantitative estimate of drug-likeness (QED) is 0.579. The number of hydrogen-bond donors (Lipinski definition) is 1. The van der Waals surface area contributed by atoms with Crippen molar-refractivity contribution < 1.29 is 14.6 Å². The zero-order chi connectivity index (χ0) is 12.6.